The van der Waals surface area contributed by atoms with Gasteiger partial charge in [0.2, 0.25) is 0 Å². The zero-order chi connectivity index (χ0) is 12.3. The number of halogens is 2. The molecule has 2 rings (SSSR count). The van der Waals surface area contributed by atoms with E-state index in [-0.39, 0.29) is 30.7 Å². The molecule has 4 nitrogen and oxygen atoms in total. The highest BCUT2D eigenvalue weighted by Gasteiger charge is 2.21. The highest BCUT2D eigenvalue weighted by molar-refractivity contribution is 5.95. The van der Waals surface area contributed by atoms with E-state index in [0.717, 1.165) is 13.0 Å². The van der Waals surface area contributed by atoms with Crippen molar-refractivity contribution < 1.29 is 4.79 Å². The smallest absolute Gasteiger partial charge is 0.251 e. The highest BCUT2D eigenvalue weighted by atomic mass is 35.5. The number of nitrogens with zero attached hydrogens (tertiary/aromatic N) is 1. The van der Waals surface area contributed by atoms with Gasteiger partial charge in [0.15, 0.2) is 0 Å². The lowest BCUT2D eigenvalue weighted by molar-refractivity contribution is 0.0943. The first-order chi connectivity index (χ1) is 8.16. The Balaban J connectivity index is 0.00000162. The lowest BCUT2D eigenvalue weighted by Gasteiger charge is -2.19. The summed E-state index contributed by atoms with van der Waals surface area (Å²) in [5.74, 6) is -0.0439. The summed E-state index contributed by atoms with van der Waals surface area (Å²) in [6.07, 6.45) is 2.38. The third-order valence-corrected chi connectivity index (χ3v) is 3.32. The van der Waals surface area contributed by atoms with Gasteiger partial charge in [-0.3, -0.25) is 4.79 Å². The predicted octanol–water partition coefficient (Wildman–Crippen LogP) is 1.94. The van der Waals surface area contributed by atoms with Crippen LogP contribution >= 0.6 is 24.8 Å². The molecule has 0 spiro atoms. The molecule has 0 saturated carbocycles. The SMILES string of the molecule is CN1CCCC1CNC(=O)c1cccc(N)c1.Cl.Cl. The maximum Gasteiger partial charge on any atom is 0.251 e. The van der Waals surface area contributed by atoms with E-state index in [1.54, 1.807) is 24.3 Å². The Morgan fingerprint density at radius 2 is 2.21 bits per heavy atom. The van der Waals surface area contributed by atoms with Crippen molar-refractivity contribution in [1.82, 2.24) is 10.2 Å². The Hall–Kier alpha value is -0.970. The van der Waals surface area contributed by atoms with Crippen LogP contribution in [0.15, 0.2) is 24.3 Å². The van der Waals surface area contributed by atoms with Crippen molar-refractivity contribution in [3.8, 4) is 0 Å². The summed E-state index contributed by atoms with van der Waals surface area (Å²) in [6.45, 7) is 1.84. The fourth-order valence-corrected chi connectivity index (χ4v) is 2.23. The van der Waals surface area contributed by atoms with E-state index in [2.05, 4.69) is 17.3 Å². The number of likely N-dealkylation sites (N-methyl/N-ethyl adjacent to an activating group) is 1. The molecule has 1 aliphatic rings. The van der Waals surface area contributed by atoms with E-state index in [1.807, 2.05) is 0 Å². The van der Waals surface area contributed by atoms with Crippen LogP contribution in [0.1, 0.15) is 23.2 Å². The van der Waals surface area contributed by atoms with Gasteiger partial charge in [0, 0.05) is 23.8 Å². The number of anilines is 1. The molecule has 1 fully saturated rings. The van der Waals surface area contributed by atoms with Gasteiger partial charge in [0.05, 0.1) is 0 Å². The fraction of sp³-hybridized carbons (Fsp3) is 0.462. The zero-order valence-electron chi connectivity index (χ0n) is 11.0. The Morgan fingerprint density at radius 3 is 2.79 bits per heavy atom. The summed E-state index contributed by atoms with van der Waals surface area (Å²) in [6, 6.07) is 7.53. The van der Waals surface area contributed by atoms with Gasteiger partial charge in [-0.1, -0.05) is 6.07 Å². The van der Waals surface area contributed by atoms with Gasteiger partial charge in [0.1, 0.15) is 0 Å². The predicted molar refractivity (Wildman–Crippen MR) is 83.3 cm³/mol. The van der Waals surface area contributed by atoms with E-state index in [9.17, 15) is 4.79 Å². The van der Waals surface area contributed by atoms with E-state index in [1.165, 1.54) is 6.42 Å². The van der Waals surface area contributed by atoms with Crippen LogP contribution in [0, 0.1) is 0 Å². The molecule has 0 bridgehead atoms. The minimum Gasteiger partial charge on any atom is -0.399 e. The van der Waals surface area contributed by atoms with Crippen LogP contribution in [0.5, 0.6) is 0 Å². The van der Waals surface area contributed by atoms with Crippen molar-refractivity contribution in [3.05, 3.63) is 29.8 Å². The van der Waals surface area contributed by atoms with Crippen LogP contribution in [0.3, 0.4) is 0 Å². The maximum absolute atomic E-state index is 11.9. The molecule has 1 aliphatic heterocycles. The normalized spacial score (nSPS) is 18.3. The fourth-order valence-electron chi connectivity index (χ4n) is 2.23. The minimum atomic E-state index is -0.0439. The highest BCUT2D eigenvalue weighted by Crippen LogP contribution is 2.14. The van der Waals surface area contributed by atoms with Crippen LogP contribution in [-0.4, -0.2) is 37.0 Å². The number of nitrogens with one attached hydrogen (secondary N) is 1. The number of carbonyl (C=O) groups is 1. The number of carbonyl (C=O) groups excluding carboxylic acids is 1. The second-order valence-electron chi connectivity index (χ2n) is 4.61. The van der Waals surface area contributed by atoms with Crippen LogP contribution in [0.25, 0.3) is 0 Å². The molecule has 1 aromatic rings. The Morgan fingerprint density at radius 1 is 1.47 bits per heavy atom. The van der Waals surface area contributed by atoms with Crippen molar-refractivity contribution in [1.29, 1.82) is 0 Å². The van der Waals surface area contributed by atoms with Crippen molar-refractivity contribution in [2.75, 3.05) is 25.9 Å². The summed E-state index contributed by atoms with van der Waals surface area (Å²) in [5.41, 5.74) is 6.90. The average molecular weight is 306 g/mol. The van der Waals surface area contributed by atoms with Gasteiger partial charge in [0.25, 0.3) is 5.91 Å². The summed E-state index contributed by atoms with van der Waals surface area (Å²) < 4.78 is 0. The monoisotopic (exact) mass is 305 g/mol. The molecular formula is C13H21Cl2N3O. The van der Waals surface area contributed by atoms with Gasteiger partial charge in [-0.25, -0.2) is 0 Å². The summed E-state index contributed by atoms with van der Waals surface area (Å²) in [4.78, 5) is 14.2. The molecule has 1 atom stereocenters. The molecular weight excluding hydrogens is 285 g/mol. The van der Waals surface area contributed by atoms with E-state index in [4.69, 9.17) is 5.73 Å². The molecule has 1 amide bonds. The first kappa shape index (κ1) is 18.0. The molecule has 0 aliphatic carbocycles. The van der Waals surface area contributed by atoms with Crippen LogP contribution < -0.4 is 11.1 Å². The molecule has 1 unspecified atom stereocenters. The lowest BCUT2D eigenvalue weighted by atomic mass is 10.1. The van der Waals surface area contributed by atoms with Gasteiger partial charge in [-0.05, 0) is 44.6 Å². The first-order valence-electron chi connectivity index (χ1n) is 6.01. The standard InChI is InChI=1S/C13H19N3O.2ClH/c1-16-7-3-6-12(16)9-15-13(17)10-4-2-5-11(14)8-10;;/h2,4-5,8,12H,3,6-7,9,14H2,1H3,(H,15,17);2*1H. The van der Waals surface area contributed by atoms with Crippen LogP contribution in [0.4, 0.5) is 5.69 Å². The largest absolute Gasteiger partial charge is 0.399 e. The number of hydrogen-bond acceptors (Lipinski definition) is 3. The number of hydrogen-bond donors (Lipinski definition) is 2. The van der Waals surface area contributed by atoms with Crippen molar-refractivity contribution >= 4 is 36.4 Å². The maximum atomic E-state index is 11.9. The van der Waals surface area contributed by atoms with E-state index >= 15 is 0 Å². The van der Waals surface area contributed by atoms with E-state index in [0.29, 0.717) is 23.8 Å². The Labute approximate surface area is 126 Å². The van der Waals surface area contributed by atoms with Gasteiger partial charge >= 0.3 is 0 Å². The molecule has 1 aromatic carbocycles. The molecule has 108 valence electrons. The number of rotatable bonds is 3. The molecule has 0 aromatic heterocycles. The minimum absolute atomic E-state index is 0. The van der Waals surface area contributed by atoms with Crippen LogP contribution in [0.2, 0.25) is 0 Å². The van der Waals surface area contributed by atoms with Gasteiger partial charge in [-0.2, -0.15) is 0 Å². The number of benzene rings is 1. The summed E-state index contributed by atoms with van der Waals surface area (Å²) in [5, 5.41) is 2.96. The zero-order valence-corrected chi connectivity index (χ0v) is 12.6. The van der Waals surface area contributed by atoms with Crippen LogP contribution in [-0.2, 0) is 0 Å². The second-order valence-corrected chi connectivity index (χ2v) is 4.61. The topological polar surface area (TPSA) is 58.4 Å². The summed E-state index contributed by atoms with van der Waals surface area (Å²) >= 11 is 0. The third kappa shape index (κ3) is 4.90. The Bertz CT molecular complexity index is 415. The van der Waals surface area contributed by atoms with E-state index < -0.39 is 0 Å². The molecule has 1 heterocycles. The van der Waals surface area contributed by atoms with Gasteiger partial charge < -0.3 is 16.0 Å². The number of likely N-dealkylation sites (tertiary alicyclic amines) is 1. The lowest BCUT2D eigenvalue weighted by Crippen LogP contribution is -2.38. The van der Waals surface area contributed by atoms with Gasteiger partial charge in [-0.15, -0.1) is 24.8 Å². The Kier molecular flexibility index (Phi) is 7.83. The van der Waals surface area contributed by atoms with Crippen molar-refractivity contribution in [2.45, 2.75) is 18.9 Å². The molecule has 1 saturated heterocycles. The van der Waals surface area contributed by atoms with Crippen molar-refractivity contribution in [2.24, 2.45) is 0 Å². The third-order valence-electron chi connectivity index (χ3n) is 3.32. The molecule has 3 N–H and O–H groups in total. The summed E-state index contributed by atoms with van der Waals surface area (Å²) in [7, 11) is 2.10. The molecule has 6 heteroatoms. The second kappa shape index (κ2) is 8.25. The molecule has 19 heavy (non-hydrogen) atoms. The average Bonchev–Trinajstić information content (AvgIpc) is 2.72. The number of nitrogens with two attached hydrogens (primary N) is 1. The quantitative estimate of drug-likeness (QED) is 0.839. The first-order valence-corrected chi connectivity index (χ1v) is 6.01. The van der Waals surface area contributed by atoms with Crippen molar-refractivity contribution in [3.63, 3.8) is 0 Å². The molecule has 0 radical (unpaired) electrons. The number of amides is 1. The number of nitrogen functional groups attached to an aromatic ring is 1.